The first kappa shape index (κ1) is 25.8. The zero-order chi connectivity index (χ0) is 20.4. The Bertz CT molecular complexity index is 482. The number of rotatable bonds is 8. The van der Waals surface area contributed by atoms with Gasteiger partial charge in [-0.1, -0.05) is 69.6 Å². The molecule has 26 heavy (non-hydrogen) atoms. The van der Waals surface area contributed by atoms with Crippen LogP contribution in [0.1, 0.15) is 12.8 Å². The quantitative estimate of drug-likeness (QED) is 0.231. The van der Waals surface area contributed by atoms with E-state index in [1.165, 1.54) is 0 Å². The molecule has 0 spiro atoms. The van der Waals surface area contributed by atoms with Crippen molar-refractivity contribution in [1.29, 1.82) is 0 Å². The number of hydrogen-bond donors (Lipinski definition) is 2. The van der Waals surface area contributed by atoms with E-state index in [4.69, 9.17) is 69.6 Å². The van der Waals surface area contributed by atoms with Crippen molar-refractivity contribution in [2.45, 2.75) is 26.5 Å². The summed E-state index contributed by atoms with van der Waals surface area (Å²) < 4.78 is 10.4. The average molecular weight is 497 g/mol. The van der Waals surface area contributed by atoms with Gasteiger partial charge in [0.05, 0.1) is 7.11 Å². The van der Waals surface area contributed by atoms with Crippen LogP contribution in [0.25, 0.3) is 0 Å². The van der Waals surface area contributed by atoms with Gasteiger partial charge in [-0.25, -0.2) is 14.4 Å². The molecule has 0 radical (unpaired) electrons. The van der Waals surface area contributed by atoms with Gasteiger partial charge >= 0.3 is 18.2 Å². The van der Waals surface area contributed by atoms with E-state index in [-0.39, 0.29) is 19.4 Å². The number of halogens is 6. The minimum absolute atomic E-state index is 0.122. The number of carbonyl (C=O) groups is 3. The predicted molar refractivity (Wildman–Crippen MR) is 99.5 cm³/mol. The van der Waals surface area contributed by atoms with Crippen LogP contribution in [-0.2, 0) is 19.0 Å². The Hall–Kier alpha value is -0.250. The number of hydrogen-bond acceptors (Lipinski definition) is 6. The first-order valence-electron chi connectivity index (χ1n) is 6.89. The van der Waals surface area contributed by atoms with Gasteiger partial charge in [-0.15, -0.1) is 0 Å². The molecule has 0 saturated carbocycles. The minimum Gasteiger partial charge on any atom is -0.467 e. The number of ether oxygens (including phenoxy) is 3. The van der Waals surface area contributed by atoms with Crippen molar-refractivity contribution < 1.29 is 28.6 Å². The summed E-state index contributed by atoms with van der Waals surface area (Å²) in [5.74, 6) is -0.713. The van der Waals surface area contributed by atoms with Crippen LogP contribution in [-0.4, -0.2) is 58.7 Å². The summed E-state index contributed by atoms with van der Waals surface area (Å²) in [5.41, 5.74) is 0. The van der Waals surface area contributed by atoms with E-state index in [1.807, 2.05) is 0 Å². The fourth-order valence-corrected chi connectivity index (χ4v) is 1.74. The van der Waals surface area contributed by atoms with Gasteiger partial charge in [-0.2, -0.15) is 0 Å². The topological polar surface area (TPSA) is 103 Å². The Morgan fingerprint density at radius 1 is 0.923 bits per heavy atom. The van der Waals surface area contributed by atoms with Gasteiger partial charge in [-0.3, -0.25) is 0 Å². The first-order valence-corrected chi connectivity index (χ1v) is 9.16. The second-order valence-electron chi connectivity index (χ2n) is 4.67. The van der Waals surface area contributed by atoms with Crippen LogP contribution in [0.15, 0.2) is 0 Å². The molecule has 0 rings (SSSR count). The second-order valence-corrected chi connectivity index (χ2v) is 9.70. The van der Waals surface area contributed by atoms with Crippen LogP contribution in [0.2, 0.25) is 0 Å². The molecular formula is C12H16Cl6N2O6. The lowest BCUT2D eigenvalue weighted by Crippen LogP contribution is -2.43. The molecule has 1 atom stereocenters. The van der Waals surface area contributed by atoms with Gasteiger partial charge in [0.1, 0.15) is 19.3 Å². The maximum absolute atomic E-state index is 11.7. The van der Waals surface area contributed by atoms with Crippen LogP contribution in [0.5, 0.6) is 0 Å². The monoisotopic (exact) mass is 494 g/mol. The highest BCUT2D eigenvalue weighted by molar-refractivity contribution is 6.68. The van der Waals surface area contributed by atoms with Crippen molar-refractivity contribution in [3.63, 3.8) is 0 Å². The fourth-order valence-electron chi connectivity index (χ4n) is 1.42. The van der Waals surface area contributed by atoms with Crippen molar-refractivity contribution in [1.82, 2.24) is 10.6 Å². The van der Waals surface area contributed by atoms with Crippen LogP contribution in [0, 0.1) is 0 Å². The predicted octanol–water partition coefficient (Wildman–Crippen LogP) is 3.50. The molecule has 0 fully saturated rings. The van der Waals surface area contributed by atoms with Gasteiger partial charge in [0, 0.05) is 6.54 Å². The molecule has 0 heterocycles. The van der Waals surface area contributed by atoms with Gasteiger partial charge in [0.15, 0.2) is 0 Å². The highest BCUT2D eigenvalue weighted by Crippen LogP contribution is 2.26. The Morgan fingerprint density at radius 2 is 1.42 bits per heavy atom. The van der Waals surface area contributed by atoms with Crippen molar-refractivity contribution in [2.75, 3.05) is 26.9 Å². The van der Waals surface area contributed by atoms with Crippen molar-refractivity contribution in [3.8, 4) is 0 Å². The highest BCUT2D eigenvalue weighted by Gasteiger charge is 2.26. The summed E-state index contributed by atoms with van der Waals surface area (Å²) in [6.07, 6.45) is -1.36. The summed E-state index contributed by atoms with van der Waals surface area (Å²) in [6.45, 7) is -0.810. The standard InChI is InChI=1S/C12H16Cl6N2O6/c1-24-8(21)7(20-10(23)26-6-12(16,17)18)3-2-4-19-9(22)25-5-11(13,14)15/h7H,2-6H2,1H3,(H,19,22)(H,20,23)/t7-/m0/s1. The van der Waals surface area contributed by atoms with Crippen molar-refractivity contribution >= 4 is 87.8 Å². The Balaban J connectivity index is 4.25. The summed E-state index contributed by atoms with van der Waals surface area (Å²) in [7, 11) is 1.15. The summed E-state index contributed by atoms with van der Waals surface area (Å²) in [5, 5.41) is 4.65. The minimum atomic E-state index is -1.78. The van der Waals surface area contributed by atoms with Gasteiger partial charge < -0.3 is 24.8 Å². The lowest BCUT2D eigenvalue weighted by Gasteiger charge is -2.18. The molecule has 0 aromatic rings. The molecule has 0 aromatic heterocycles. The van der Waals surface area contributed by atoms with Gasteiger partial charge in [0.2, 0.25) is 7.59 Å². The molecule has 0 aliphatic heterocycles. The molecule has 0 bridgehead atoms. The molecule has 152 valence electrons. The summed E-state index contributed by atoms with van der Waals surface area (Å²) in [4.78, 5) is 34.6. The maximum atomic E-state index is 11.7. The van der Waals surface area contributed by atoms with E-state index < -0.39 is 45.0 Å². The lowest BCUT2D eigenvalue weighted by atomic mass is 10.1. The molecule has 0 aromatic carbocycles. The maximum Gasteiger partial charge on any atom is 0.407 e. The lowest BCUT2D eigenvalue weighted by molar-refractivity contribution is -0.143. The number of alkyl carbamates (subject to hydrolysis) is 2. The SMILES string of the molecule is COC(=O)[C@H](CCCNC(=O)OCC(Cl)(Cl)Cl)NC(=O)OCC(Cl)(Cl)Cl. The van der Waals surface area contributed by atoms with Crippen molar-refractivity contribution in [2.24, 2.45) is 0 Å². The van der Waals surface area contributed by atoms with E-state index in [2.05, 4.69) is 24.8 Å². The molecule has 0 unspecified atom stereocenters. The Kier molecular flexibility index (Phi) is 12.1. The third kappa shape index (κ3) is 14.9. The highest BCUT2D eigenvalue weighted by atomic mass is 35.6. The van der Waals surface area contributed by atoms with E-state index in [9.17, 15) is 14.4 Å². The fraction of sp³-hybridized carbons (Fsp3) is 0.750. The average Bonchev–Trinajstić information content (AvgIpc) is 2.51. The van der Waals surface area contributed by atoms with Gasteiger partial charge in [-0.05, 0) is 12.8 Å². The second kappa shape index (κ2) is 12.3. The van der Waals surface area contributed by atoms with Crippen molar-refractivity contribution in [3.05, 3.63) is 0 Å². The van der Waals surface area contributed by atoms with Crippen LogP contribution in [0.4, 0.5) is 9.59 Å². The molecular weight excluding hydrogens is 481 g/mol. The molecule has 0 aliphatic rings. The van der Waals surface area contributed by atoms with E-state index in [1.54, 1.807) is 0 Å². The summed E-state index contributed by atoms with van der Waals surface area (Å²) >= 11 is 32.6. The van der Waals surface area contributed by atoms with E-state index in [0.717, 1.165) is 7.11 Å². The third-order valence-corrected chi connectivity index (χ3v) is 3.11. The number of nitrogens with one attached hydrogen (secondary N) is 2. The Morgan fingerprint density at radius 3 is 1.88 bits per heavy atom. The van der Waals surface area contributed by atoms with Gasteiger partial charge in [0.25, 0.3) is 0 Å². The number of methoxy groups -OCH3 is 1. The van der Waals surface area contributed by atoms with Crippen LogP contribution < -0.4 is 10.6 Å². The normalized spacial score (nSPS) is 12.7. The molecule has 2 N–H and O–H groups in total. The largest absolute Gasteiger partial charge is 0.467 e. The van der Waals surface area contributed by atoms with E-state index >= 15 is 0 Å². The molecule has 0 aliphatic carbocycles. The Labute approximate surface area is 179 Å². The van der Waals surface area contributed by atoms with Crippen LogP contribution >= 0.6 is 69.6 Å². The number of amides is 2. The zero-order valence-corrected chi connectivity index (χ0v) is 17.9. The number of esters is 1. The third-order valence-electron chi connectivity index (χ3n) is 2.45. The molecule has 2 amide bonds. The first-order chi connectivity index (χ1) is 11.8. The summed E-state index contributed by atoms with van der Waals surface area (Å²) in [6, 6.07) is -1.03. The number of alkyl halides is 6. The van der Waals surface area contributed by atoms with E-state index in [0.29, 0.717) is 0 Å². The zero-order valence-electron chi connectivity index (χ0n) is 13.3. The van der Waals surface area contributed by atoms with Crippen LogP contribution in [0.3, 0.4) is 0 Å². The molecule has 8 nitrogen and oxygen atoms in total. The molecule has 14 heteroatoms. The molecule has 0 saturated heterocycles. The number of carbonyl (C=O) groups excluding carboxylic acids is 3. The smallest absolute Gasteiger partial charge is 0.407 e.